The lowest BCUT2D eigenvalue weighted by atomic mass is 9.90. The number of ketones is 1. The van der Waals surface area contributed by atoms with Gasteiger partial charge >= 0.3 is 0 Å². The summed E-state index contributed by atoms with van der Waals surface area (Å²) in [5.74, 6) is 1.08. The lowest BCUT2D eigenvalue weighted by Gasteiger charge is -2.26. The maximum atomic E-state index is 13.5. The van der Waals surface area contributed by atoms with Gasteiger partial charge in [0, 0.05) is 19.4 Å². The highest BCUT2D eigenvalue weighted by Crippen LogP contribution is 2.34. The molecule has 10 heteroatoms. The van der Waals surface area contributed by atoms with Crippen LogP contribution in [0.15, 0.2) is 35.5 Å². The van der Waals surface area contributed by atoms with Gasteiger partial charge < -0.3 is 9.47 Å². The zero-order valence-corrected chi connectivity index (χ0v) is 20.1. The van der Waals surface area contributed by atoms with E-state index in [1.54, 1.807) is 18.0 Å². The lowest BCUT2D eigenvalue weighted by Crippen LogP contribution is -2.27. The molecule has 0 amide bonds. The van der Waals surface area contributed by atoms with E-state index >= 15 is 0 Å². The molecule has 3 heterocycles. The number of fused-ring (bicyclic) bond motifs is 1. The van der Waals surface area contributed by atoms with Gasteiger partial charge in [0.1, 0.15) is 16.8 Å². The molecule has 2 aliphatic rings. The molecule has 8 nitrogen and oxygen atoms in total. The van der Waals surface area contributed by atoms with Gasteiger partial charge in [-0.1, -0.05) is 0 Å². The van der Waals surface area contributed by atoms with Gasteiger partial charge in [0.05, 0.1) is 29.0 Å². The molecule has 1 aromatic carbocycles. The fourth-order valence-corrected chi connectivity index (χ4v) is 6.86. The SMILES string of the molecule is COc1ccc2nc(CC(=O)C(CC3CCOCC3)n3ccc(S(=O)(=O)C4CC4)n3)sc2c1. The minimum Gasteiger partial charge on any atom is -0.497 e. The quantitative estimate of drug-likeness (QED) is 0.453. The predicted octanol–water partition coefficient (Wildman–Crippen LogP) is 3.61. The second kappa shape index (κ2) is 9.15. The van der Waals surface area contributed by atoms with E-state index < -0.39 is 15.9 Å². The van der Waals surface area contributed by atoms with E-state index in [4.69, 9.17) is 9.47 Å². The van der Waals surface area contributed by atoms with Crippen molar-refractivity contribution in [3.8, 4) is 5.75 Å². The second-order valence-corrected chi connectivity index (χ2v) is 12.1. The standard InChI is InChI=1S/C23H27N3O5S2/c1-30-16-2-5-18-21(13-16)32-22(24-18)14-20(27)19(12-15-7-10-31-11-8-15)26-9-6-23(25-26)33(28,29)17-3-4-17/h2,5-6,9,13,15,17,19H,3-4,7-8,10-12,14H2,1H3. The molecule has 1 saturated heterocycles. The van der Waals surface area contributed by atoms with Crippen LogP contribution in [0.4, 0.5) is 0 Å². The van der Waals surface area contributed by atoms with Crippen LogP contribution >= 0.6 is 11.3 Å². The number of carbonyl (C=O) groups excluding carboxylic acids is 1. The van der Waals surface area contributed by atoms with Crippen molar-refractivity contribution in [2.45, 2.75) is 54.8 Å². The van der Waals surface area contributed by atoms with Crippen LogP contribution in [-0.2, 0) is 25.8 Å². The summed E-state index contributed by atoms with van der Waals surface area (Å²) < 4.78 is 38.6. The summed E-state index contributed by atoms with van der Waals surface area (Å²) in [7, 11) is -1.79. The molecule has 2 fully saturated rings. The third kappa shape index (κ3) is 4.83. The Morgan fingerprint density at radius 1 is 1.24 bits per heavy atom. The maximum absolute atomic E-state index is 13.5. The number of sulfone groups is 1. The van der Waals surface area contributed by atoms with Gasteiger partial charge in [-0.3, -0.25) is 9.48 Å². The van der Waals surface area contributed by atoms with Crippen molar-refractivity contribution in [1.82, 2.24) is 14.8 Å². The van der Waals surface area contributed by atoms with Crippen LogP contribution in [0.25, 0.3) is 10.2 Å². The Bertz CT molecular complexity index is 1260. The Morgan fingerprint density at radius 2 is 2.03 bits per heavy atom. The second-order valence-electron chi connectivity index (χ2n) is 8.77. The Balaban J connectivity index is 1.40. The zero-order chi connectivity index (χ0) is 23.0. The number of thiazole rings is 1. The highest BCUT2D eigenvalue weighted by Gasteiger charge is 2.39. The fourth-order valence-electron chi connectivity index (χ4n) is 4.30. The van der Waals surface area contributed by atoms with Crippen molar-refractivity contribution in [3.63, 3.8) is 0 Å². The van der Waals surface area contributed by atoms with Gasteiger partial charge in [0.15, 0.2) is 20.6 Å². The van der Waals surface area contributed by atoms with Crippen LogP contribution in [0.3, 0.4) is 0 Å². The maximum Gasteiger partial charge on any atom is 0.200 e. The van der Waals surface area contributed by atoms with Gasteiger partial charge in [-0.15, -0.1) is 11.3 Å². The molecule has 0 spiro atoms. The van der Waals surface area contributed by atoms with Crippen LogP contribution in [0.5, 0.6) is 5.75 Å². The van der Waals surface area contributed by atoms with Crippen molar-refractivity contribution in [2.24, 2.45) is 5.92 Å². The van der Waals surface area contributed by atoms with Crippen LogP contribution in [0, 0.1) is 5.92 Å². The van der Waals surface area contributed by atoms with Gasteiger partial charge in [0.2, 0.25) is 0 Å². The van der Waals surface area contributed by atoms with E-state index in [-0.39, 0.29) is 22.5 Å². The topological polar surface area (TPSA) is 100 Å². The first-order valence-corrected chi connectivity index (χ1v) is 13.6. The Morgan fingerprint density at radius 3 is 2.76 bits per heavy atom. The Hall–Kier alpha value is -2.30. The van der Waals surface area contributed by atoms with E-state index in [0.717, 1.165) is 33.8 Å². The van der Waals surface area contributed by atoms with Crippen LogP contribution in [-0.4, -0.2) is 54.5 Å². The summed E-state index contributed by atoms with van der Waals surface area (Å²) in [4.78, 5) is 18.1. The fraction of sp³-hybridized carbons (Fsp3) is 0.522. The smallest absolute Gasteiger partial charge is 0.200 e. The summed E-state index contributed by atoms with van der Waals surface area (Å²) in [6, 6.07) is 6.66. The number of hydrogen-bond acceptors (Lipinski definition) is 8. The molecule has 1 atom stereocenters. The van der Waals surface area contributed by atoms with Crippen LogP contribution in [0.2, 0.25) is 0 Å². The molecule has 1 aliphatic heterocycles. The van der Waals surface area contributed by atoms with Crippen molar-refractivity contribution >= 4 is 37.2 Å². The average molecular weight is 490 g/mol. The predicted molar refractivity (Wildman–Crippen MR) is 125 cm³/mol. The van der Waals surface area contributed by atoms with Crippen molar-refractivity contribution < 1.29 is 22.7 Å². The van der Waals surface area contributed by atoms with Crippen molar-refractivity contribution in [1.29, 1.82) is 0 Å². The van der Waals surface area contributed by atoms with Gasteiger partial charge in [0.25, 0.3) is 0 Å². The summed E-state index contributed by atoms with van der Waals surface area (Å²) in [5, 5.41) is 4.86. The molecule has 2 aromatic heterocycles. The number of methoxy groups -OCH3 is 1. The van der Waals surface area contributed by atoms with Gasteiger partial charge in [-0.2, -0.15) is 5.10 Å². The third-order valence-corrected chi connectivity index (χ3v) is 9.56. The van der Waals surface area contributed by atoms with Crippen LogP contribution < -0.4 is 4.74 Å². The normalized spacial score (nSPS) is 18.5. The summed E-state index contributed by atoms with van der Waals surface area (Å²) in [5.41, 5.74) is 0.835. The molecule has 0 N–H and O–H groups in total. The number of ether oxygens (including phenoxy) is 2. The number of nitrogens with zero attached hydrogens (tertiary/aromatic N) is 3. The van der Waals surface area contributed by atoms with E-state index in [2.05, 4.69) is 10.1 Å². The Kier molecular flexibility index (Phi) is 6.24. The average Bonchev–Trinajstić information content (AvgIpc) is 3.44. The summed E-state index contributed by atoms with van der Waals surface area (Å²) >= 11 is 1.48. The van der Waals surface area contributed by atoms with E-state index in [1.165, 1.54) is 17.4 Å². The van der Waals surface area contributed by atoms with Gasteiger partial charge in [-0.25, -0.2) is 13.4 Å². The van der Waals surface area contributed by atoms with E-state index in [0.29, 0.717) is 38.4 Å². The molecule has 33 heavy (non-hydrogen) atoms. The molecular formula is C23H27N3O5S2. The van der Waals surface area contributed by atoms with Crippen molar-refractivity contribution in [3.05, 3.63) is 35.5 Å². The minimum absolute atomic E-state index is 0.00835. The molecule has 176 valence electrons. The number of hydrogen-bond donors (Lipinski definition) is 0. The highest BCUT2D eigenvalue weighted by molar-refractivity contribution is 7.92. The molecular weight excluding hydrogens is 462 g/mol. The molecule has 1 saturated carbocycles. The van der Waals surface area contributed by atoms with Crippen molar-refractivity contribution in [2.75, 3.05) is 20.3 Å². The molecule has 0 bridgehead atoms. The number of rotatable bonds is 9. The van der Waals surface area contributed by atoms with E-state index in [1.807, 2.05) is 18.2 Å². The molecule has 1 unspecified atom stereocenters. The van der Waals surface area contributed by atoms with Gasteiger partial charge in [-0.05, 0) is 62.3 Å². The largest absolute Gasteiger partial charge is 0.497 e. The number of benzene rings is 1. The summed E-state index contributed by atoms with van der Waals surface area (Å²) in [6.45, 7) is 1.37. The van der Waals surface area contributed by atoms with E-state index in [9.17, 15) is 13.2 Å². The molecule has 3 aromatic rings. The molecule has 0 radical (unpaired) electrons. The molecule has 1 aliphatic carbocycles. The first-order chi connectivity index (χ1) is 15.9. The minimum atomic E-state index is -3.41. The monoisotopic (exact) mass is 489 g/mol. The third-order valence-electron chi connectivity index (χ3n) is 6.39. The highest BCUT2D eigenvalue weighted by atomic mass is 32.2. The first kappa shape index (κ1) is 22.5. The molecule has 5 rings (SSSR count). The summed E-state index contributed by atoms with van der Waals surface area (Å²) in [6.07, 6.45) is 5.58. The number of Topliss-reactive ketones (excluding diaryl/α,β-unsaturated/α-hetero) is 1. The number of aromatic nitrogens is 3. The zero-order valence-electron chi connectivity index (χ0n) is 18.5. The van der Waals surface area contributed by atoms with Crippen LogP contribution in [0.1, 0.15) is 43.2 Å². The first-order valence-electron chi connectivity index (χ1n) is 11.3. The lowest BCUT2D eigenvalue weighted by molar-refractivity contribution is -0.122. The number of carbonyl (C=O) groups is 1. The Labute approximate surface area is 196 Å².